The Balaban J connectivity index is 0.00000208. The van der Waals surface area contributed by atoms with Crippen LogP contribution in [0.3, 0.4) is 0 Å². The summed E-state index contributed by atoms with van der Waals surface area (Å²) in [6, 6.07) is 2.12. The number of guanidine groups is 1. The van der Waals surface area contributed by atoms with E-state index in [1.165, 1.54) is 18.5 Å². The number of hydrogen-bond donors (Lipinski definition) is 1. The number of nitrogens with one attached hydrogen (secondary N) is 1. The van der Waals surface area contributed by atoms with Gasteiger partial charge in [0.25, 0.3) is 0 Å². The van der Waals surface area contributed by atoms with E-state index < -0.39 is 0 Å². The van der Waals surface area contributed by atoms with Crippen LogP contribution in [-0.2, 0) is 11.3 Å². The van der Waals surface area contributed by atoms with Crippen molar-refractivity contribution in [3.8, 4) is 0 Å². The predicted molar refractivity (Wildman–Crippen MR) is 107 cm³/mol. The third kappa shape index (κ3) is 4.41. The maximum atomic E-state index is 5.61. The first-order valence-corrected chi connectivity index (χ1v) is 8.66. The maximum absolute atomic E-state index is 5.61. The van der Waals surface area contributed by atoms with Gasteiger partial charge in [0, 0.05) is 50.9 Å². The minimum atomic E-state index is 0. The van der Waals surface area contributed by atoms with Gasteiger partial charge in [-0.15, -0.1) is 24.0 Å². The molecule has 6 nitrogen and oxygen atoms in total. The smallest absolute Gasteiger partial charge is 0.193 e. The number of likely N-dealkylation sites (tertiary alicyclic amines) is 1. The Morgan fingerprint density at radius 1 is 1.42 bits per heavy atom. The summed E-state index contributed by atoms with van der Waals surface area (Å²) in [5, 5.41) is 8.02. The van der Waals surface area contributed by atoms with Crippen molar-refractivity contribution in [2.75, 3.05) is 39.9 Å². The van der Waals surface area contributed by atoms with E-state index in [1.54, 1.807) is 0 Å². The second-order valence-corrected chi connectivity index (χ2v) is 6.95. The lowest BCUT2D eigenvalue weighted by Crippen LogP contribution is -2.42. The molecule has 0 aliphatic carbocycles. The highest BCUT2D eigenvalue weighted by atomic mass is 127. The molecular formula is C17H30IN5O. The lowest BCUT2D eigenvalue weighted by atomic mass is 9.87. The predicted octanol–water partition coefficient (Wildman–Crippen LogP) is 2.20. The largest absolute Gasteiger partial charge is 0.381 e. The summed E-state index contributed by atoms with van der Waals surface area (Å²) >= 11 is 0. The van der Waals surface area contributed by atoms with Crippen LogP contribution in [0.2, 0.25) is 0 Å². The van der Waals surface area contributed by atoms with Crippen molar-refractivity contribution in [2.45, 2.75) is 39.7 Å². The van der Waals surface area contributed by atoms with Crippen molar-refractivity contribution in [1.29, 1.82) is 0 Å². The zero-order valence-electron chi connectivity index (χ0n) is 15.0. The number of halogens is 1. The minimum absolute atomic E-state index is 0. The normalized spacial score (nSPS) is 23.8. The molecule has 136 valence electrons. The quantitative estimate of drug-likeness (QED) is 0.333. The summed E-state index contributed by atoms with van der Waals surface area (Å²) in [7, 11) is 1.87. The molecule has 1 spiro atoms. The summed E-state index contributed by atoms with van der Waals surface area (Å²) in [6.07, 6.45) is 3.46. The van der Waals surface area contributed by atoms with E-state index in [1.807, 2.05) is 14.0 Å². The average molecular weight is 447 g/mol. The molecule has 1 N–H and O–H groups in total. The fourth-order valence-electron chi connectivity index (χ4n) is 3.75. The highest BCUT2D eigenvalue weighted by molar-refractivity contribution is 14.0. The van der Waals surface area contributed by atoms with Crippen LogP contribution in [0.4, 0.5) is 0 Å². The van der Waals surface area contributed by atoms with Gasteiger partial charge in [-0.25, -0.2) is 0 Å². The summed E-state index contributed by atoms with van der Waals surface area (Å²) in [4.78, 5) is 6.85. The van der Waals surface area contributed by atoms with E-state index >= 15 is 0 Å². The van der Waals surface area contributed by atoms with Gasteiger partial charge in [-0.05, 0) is 39.2 Å². The zero-order chi connectivity index (χ0) is 16.3. The third-order valence-electron chi connectivity index (χ3n) is 5.07. The molecule has 1 unspecified atom stereocenters. The van der Waals surface area contributed by atoms with Crippen LogP contribution in [0.25, 0.3) is 0 Å². The molecule has 3 heterocycles. The van der Waals surface area contributed by atoms with E-state index in [2.05, 4.69) is 38.0 Å². The monoisotopic (exact) mass is 447 g/mol. The number of aromatic nitrogens is 2. The Bertz CT molecular complexity index is 565. The SMILES string of the molecule is CN=C(NCCCn1nc(C)cc1C)N1CCC2(CCOC2)C1.I. The molecule has 2 fully saturated rings. The molecular weight excluding hydrogens is 417 g/mol. The Hall–Kier alpha value is -0.830. The molecule has 1 aromatic rings. The average Bonchev–Trinajstić information content (AvgIpc) is 3.23. The summed E-state index contributed by atoms with van der Waals surface area (Å²) in [6.45, 7) is 10.0. The molecule has 3 rings (SSSR count). The zero-order valence-corrected chi connectivity index (χ0v) is 17.4. The molecule has 7 heteroatoms. The molecule has 0 aromatic carbocycles. The number of ether oxygens (including phenoxy) is 1. The van der Waals surface area contributed by atoms with Crippen LogP contribution in [0.1, 0.15) is 30.7 Å². The van der Waals surface area contributed by atoms with Crippen LogP contribution >= 0.6 is 24.0 Å². The first-order chi connectivity index (χ1) is 11.1. The number of rotatable bonds is 4. The Labute approximate surface area is 162 Å². The van der Waals surface area contributed by atoms with Crippen LogP contribution in [0, 0.1) is 19.3 Å². The maximum Gasteiger partial charge on any atom is 0.193 e. The first-order valence-electron chi connectivity index (χ1n) is 8.66. The van der Waals surface area contributed by atoms with Gasteiger partial charge in [0.15, 0.2) is 5.96 Å². The number of hydrogen-bond acceptors (Lipinski definition) is 3. The van der Waals surface area contributed by atoms with Gasteiger partial charge in [0.2, 0.25) is 0 Å². The van der Waals surface area contributed by atoms with E-state index in [4.69, 9.17) is 4.74 Å². The van der Waals surface area contributed by atoms with Crippen molar-refractivity contribution in [3.63, 3.8) is 0 Å². The second-order valence-electron chi connectivity index (χ2n) is 6.95. The Morgan fingerprint density at radius 3 is 2.88 bits per heavy atom. The summed E-state index contributed by atoms with van der Waals surface area (Å²) < 4.78 is 7.69. The van der Waals surface area contributed by atoms with E-state index in [0.29, 0.717) is 5.41 Å². The highest BCUT2D eigenvalue weighted by Crippen LogP contribution is 2.38. The molecule has 2 aliphatic heterocycles. The Kier molecular flexibility index (Phi) is 6.91. The number of aliphatic imine (C=N–C) groups is 1. The van der Waals surface area contributed by atoms with Crippen molar-refractivity contribution >= 4 is 29.9 Å². The molecule has 0 amide bonds. The van der Waals surface area contributed by atoms with E-state index in [-0.39, 0.29) is 24.0 Å². The molecule has 0 radical (unpaired) electrons. The Morgan fingerprint density at radius 2 is 2.25 bits per heavy atom. The standard InChI is InChI=1S/C17H29N5O.HI/c1-14-11-15(2)22(20-14)8-4-7-19-16(18-3)21-9-5-17(12-21)6-10-23-13-17;/h11H,4-10,12-13H2,1-3H3,(H,18,19);1H. The van der Waals surface area contributed by atoms with Gasteiger partial charge in [-0.2, -0.15) is 5.10 Å². The summed E-state index contributed by atoms with van der Waals surface area (Å²) in [5.41, 5.74) is 2.70. The van der Waals surface area contributed by atoms with Crippen molar-refractivity contribution in [1.82, 2.24) is 20.0 Å². The van der Waals surface area contributed by atoms with Gasteiger partial charge in [0.1, 0.15) is 0 Å². The van der Waals surface area contributed by atoms with Crippen LogP contribution in [0.15, 0.2) is 11.1 Å². The molecule has 2 aliphatic rings. The van der Waals surface area contributed by atoms with Gasteiger partial charge in [-0.3, -0.25) is 9.67 Å². The van der Waals surface area contributed by atoms with Crippen molar-refractivity contribution in [2.24, 2.45) is 10.4 Å². The molecule has 0 bridgehead atoms. The van der Waals surface area contributed by atoms with Gasteiger partial charge >= 0.3 is 0 Å². The number of nitrogens with zero attached hydrogens (tertiary/aromatic N) is 4. The first kappa shape index (κ1) is 19.5. The second kappa shape index (κ2) is 8.51. The van der Waals surface area contributed by atoms with Crippen molar-refractivity contribution in [3.05, 3.63) is 17.5 Å². The van der Waals surface area contributed by atoms with E-state index in [0.717, 1.165) is 57.5 Å². The molecule has 1 atom stereocenters. The van der Waals surface area contributed by atoms with Crippen LogP contribution in [-0.4, -0.2) is 60.5 Å². The fraction of sp³-hybridized carbons (Fsp3) is 0.765. The third-order valence-corrected chi connectivity index (χ3v) is 5.07. The topological polar surface area (TPSA) is 54.7 Å². The van der Waals surface area contributed by atoms with Gasteiger partial charge < -0.3 is 15.0 Å². The fourth-order valence-corrected chi connectivity index (χ4v) is 3.75. The number of aryl methyl sites for hydroxylation is 3. The highest BCUT2D eigenvalue weighted by Gasteiger charge is 2.42. The lowest BCUT2D eigenvalue weighted by molar-refractivity contribution is 0.156. The summed E-state index contributed by atoms with van der Waals surface area (Å²) in [5.74, 6) is 1.03. The van der Waals surface area contributed by atoms with Gasteiger partial charge in [0.05, 0.1) is 12.3 Å². The molecule has 24 heavy (non-hydrogen) atoms. The van der Waals surface area contributed by atoms with Crippen LogP contribution < -0.4 is 5.32 Å². The lowest BCUT2D eigenvalue weighted by Gasteiger charge is -2.25. The van der Waals surface area contributed by atoms with Crippen molar-refractivity contribution < 1.29 is 4.74 Å². The van der Waals surface area contributed by atoms with Crippen LogP contribution in [0.5, 0.6) is 0 Å². The molecule has 1 aromatic heterocycles. The van der Waals surface area contributed by atoms with Gasteiger partial charge in [-0.1, -0.05) is 0 Å². The molecule has 2 saturated heterocycles. The minimum Gasteiger partial charge on any atom is -0.381 e. The molecule has 0 saturated carbocycles. The van der Waals surface area contributed by atoms with E-state index in [9.17, 15) is 0 Å².